The summed E-state index contributed by atoms with van der Waals surface area (Å²) in [5.41, 5.74) is 4.22. The summed E-state index contributed by atoms with van der Waals surface area (Å²) < 4.78 is 15.1. The summed E-state index contributed by atoms with van der Waals surface area (Å²) in [6.07, 6.45) is -2.25. The molecular formula is C25H28N2O8. The Morgan fingerprint density at radius 3 is 2.03 bits per heavy atom. The van der Waals surface area contributed by atoms with Crippen LogP contribution < -0.4 is 10.6 Å². The van der Waals surface area contributed by atoms with Crippen LogP contribution in [0.25, 0.3) is 11.1 Å². The van der Waals surface area contributed by atoms with Crippen LogP contribution in [0.2, 0.25) is 0 Å². The number of carboxylic acid groups (broad SMARTS) is 1. The van der Waals surface area contributed by atoms with Crippen molar-refractivity contribution < 1.29 is 38.5 Å². The molecule has 0 fully saturated rings. The maximum absolute atomic E-state index is 12.8. The first-order valence-corrected chi connectivity index (χ1v) is 11.0. The molecule has 2 amide bonds. The molecule has 0 saturated heterocycles. The highest BCUT2D eigenvalue weighted by Gasteiger charge is 2.33. The number of carboxylic acids is 1. The second-order valence-corrected chi connectivity index (χ2v) is 8.07. The van der Waals surface area contributed by atoms with E-state index in [1.54, 1.807) is 0 Å². The minimum absolute atomic E-state index is 0.0374. The van der Waals surface area contributed by atoms with Gasteiger partial charge in [-0.3, -0.25) is 9.59 Å². The fraction of sp³-hybridized carbons (Fsp3) is 0.360. The first-order valence-electron chi connectivity index (χ1n) is 11.0. The molecule has 0 bridgehead atoms. The van der Waals surface area contributed by atoms with Crippen molar-refractivity contribution in [1.29, 1.82) is 0 Å². The minimum atomic E-state index is -1.54. The zero-order chi connectivity index (χ0) is 25.5. The summed E-state index contributed by atoms with van der Waals surface area (Å²) in [6, 6.07) is 12.9. The molecule has 1 aliphatic carbocycles. The molecule has 0 heterocycles. The molecule has 2 aromatic rings. The molecule has 0 aliphatic heterocycles. The Hall–Kier alpha value is -3.92. The topological polar surface area (TPSA) is 140 Å². The lowest BCUT2D eigenvalue weighted by Gasteiger charge is -2.25. The summed E-state index contributed by atoms with van der Waals surface area (Å²) in [4.78, 5) is 48.4. The number of alkyl carbamates (subject to hydrolysis) is 1. The minimum Gasteiger partial charge on any atom is -0.480 e. The highest BCUT2D eigenvalue weighted by molar-refractivity contribution is 5.91. The second kappa shape index (κ2) is 11.5. The Morgan fingerprint density at radius 1 is 0.943 bits per heavy atom. The molecule has 186 valence electrons. The molecule has 0 spiro atoms. The number of hydrogen-bond donors (Lipinski definition) is 3. The van der Waals surface area contributed by atoms with Gasteiger partial charge in [0.1, 0.15) is 18.7 Å². The van der Waals surface area contributed by atoms with Crippen molar-refractivity contribution in [3.63, 3.8) is 0 Å². The smallest absolute Gasteiger partial charge is 0.407 e. The van der Waals surface area contributed by atoms with E-state index in [1.807, 2.05) is 48.5 Å². The molecule has 35 heavy (non-hydrogen) atoms. The van der Waals surface area contributed by atoms with Gasteiger partial charge in [-0.1, -0.05) is 48.5 Å². The van der Waals surface area contributed by atoms with Crippen molar-refractivity contribution in [2.24, 2.45) is 0 Å². The van der Waals surface area contributed by atoms with Crippen molar-refractivity contribution in [3.8, 4) is 11.1 Å². The van der Waals surface area contributed by atoms with E-state index in [0.29, 0.717) is 0 Å². The molecule has 3 rings (SSSR count). The Morgan fingerprint density at radius 2 is 1.51 bits per heavy atom. The number of amides is 2. The van der Waals surface area contributed by atoms with Crippen LogP contribution in [0.4, 0.5) is 4.79 Å². The first-order chi connectivity index (χ1) is 16.8. The van der Waals surface area contributed by atoms with E-state index < -0.39 is 48.5 Å². The van der Waals surface area contributed by atoms with Gasteiger partial charge in [-0.25, -0.2) is 9.59 Å². The predicted molar refractivity (Wildman–Crippen MR) is 125 cm³/mol. The SMILES string of the molecule is COC(=O)C[C@H](NC(=O)[C@@H](NC(=O)OCC1c2ccccc2-c2ccccc21)[C@@H](C)OC)C(=O)O. The molecule has 0 unspecified atom stereocenters. The quantitative estimate of drug-likeness (QED) is 0.436. The number of carbonyl (C=O) groups is 4. The average molecular weight is 485 g/mol. The molecule has 2 aromatic carbocycles. The number of ether oxygens (including phenoxy) is 3. The molecule has 3 N–H and O–H groups in total. The fourth-order valence-electron chi connectivity index (χ4n) is 4.01. The normalized spacial score (nSPS) is 14.6. The Kier molecular flexibility index (Phi) is 8.43. The lowest BCUT2D eigenvalue weighted by atomic mass is 9.98. The maximum atomic E-state index is 12.8. The van der Waals surface area contributed by atoms with Crippen molar-refractivity contribution in [2.45, 2.75) is 37.5 Å². The van der Waals surface area contributed by atoms with E-state index >= 15 is 0 Å². The van der Waals surface area contributed by atoms with E-state index in [-0.39, 0.29) is 12.5 Å². The number of methoxy groups -OCH3 is 2. The predicted octanol–water partition coefficient (Wildman–Crippen LogP) is 2.06. The molecule has 0 saturated carbocycles. The number of hydrogen-bond acceptors (Lipinski definition) is 7. The van der Waals surface area contributed by atoms with Crippen molar-refractivity contribution in [1.82, 2.24) is 10.6 Å². The van der Waals surface area contributed by atoms with Crippen LogP contribution >= 0.6 is 0 Å². The molecule has 3 atom stereocenters. The average Bonchev–Trinajstić information content (AvgIpc) is 3.18. The van der Waals surface area contributed by atoms with Crippen molar-refractivity contribution in [3.05, 3.63) is 59.7 Å². The van der Waals surface area contributed by atoms with Crippen LogP contribution in [0.1, 0.15) is 30.4 Å². The van der Waals surface area contributed by atoms with Gasteiger partial charge in [0.05, 0.1) is 19.6 Å². The van der Waals surface area contributed by atoms with Gasteiger partial charge in [-0.05, 0) is 29.2 Å². The van der Waals surface area contributed by atoms with E-state index in [9.17, 15) is 24.3 Å². The summed E-state index contributed by atoms with van der Waals surface area (Å²) in [6.45, 7) is 1.57. The third-order valence-corrected chi connectivity index (χ3v) is 5.95. The molecule has 10 heteroatoms. The molecule has 10 nitrogen and oxygen atoms in total. The van der Waals surface area contributed by atoms with Gasteiger partial charge >= 0.3 is 18.0 Å². The summed E-state index contributed by atoms with van der Waals surface area (Å²) in [5.74, 6) is -3.24. The maximum Gasteiger partial charge on any atom is 0.407 e. The van der Waals surface area contributed by atoms with Gasteiger partial charge in [-0.15, -0.1) is 0 Å². The number of aliphatic carboxylic acids is 1. The zero-order valence-electron chi connectivity index (χ0n) is 19.6. The van der Waals surface area contributed by atoms with Gasteiger partial charge in [0.15, 0.2) is 0 Å². The van der Waals surface area contributed by atoms with Gasteiger partial charge < -0.3 is 30.0 Å². The second-order valence-electron chi connectivity index (χ2n) is 8.07. The third kappa shape index (κ3) is 5.96. The number of rotatable bonds is 10. The number of nitrogens with one attached hydrogen (secondary N) is 2. The van der Waals surface area contributed by atoms with Crippen molar-refractivity contribution >= 4 is 23.9 Å². The summed E-state index contributed by atoms with van der Waals surface area (Å²) >= 11 is 0. The Bertz CT molecular complexity index is 1060. The van der Waals surface area contributed by atoms with E-state index in [2.05, 4.69) is 15.4 Å². The van der Waals surface area contributed by atoms with Gasteiger partial charge in [-0.2, -0.15) is 0 Å². The highest BCUT2D eigenvalue weighted by atomic mass is 16.5. The first kappa shape index (κ1) is 25.7. The van der Waals surface area contributed by atoms with Crippen LogP contribution in [0.3, 0.4) is 0 Å². The molecule has 0 radical (unpaired) electrons. The summed E-state index contributed by atoms with van der Waals surface area (Å²) in [5, 5.41) is 14.0. The largest absolute Gasteiger partial charge is 0.480 e. The standard InChI is InChI=1S/C25H28N2O8/c1-14(33-2)22(23(29)26-20(24(30)31)12-21(28)34-3)27-25(32)35-13-19-17-10-6-4-8-15(17)16-9-5-7-11-18(16)19/h4-11,14,19-20,22H,12-13H2,1-3H3,(H,26,29)(H,27,32)(H,30,31)/t14-,20+,22+/m1/s1. The number of fused-ring (bicyclic) bond motifs is 3. The number of carbonyl (C=O) groups excluding carboxylic acids is 3. The molecule has 1 aliphatic rings. The lowest BCUT2D eigenvalue weighted by molar-refractivity contribution is -0.149. The Labute approximate surface area is 202 Å². The van der Waals surface area contributed by atoms with Gasteiger partial charge in [0, 0.05) is 13.0 Å². The van der Waals surface area contributed by atoms with Crippen LogP contribution in [0.5, 0.6) is 0 Å². The summed E-state index contributed by atoms with van der Waals surface area (Å²) in [7, 11) is 2.45. The van der Waals surface area contributed by atoms with Gasteiger partial charge in [0.2, 0.25) is 5.91 Å². The number of benzene rings is 2. The van der Waals surface area contributed by atoms with Crippen LogP contribution in [-0.2, 0) is 28.6 Å². The van der Waals surface area contributed by atoms with Gasteiger partial charge in [0.25, 0.3) is 0 Å². The van der Waals surface area contributed by atoms with Crippen LogP contribution in [0.15, 0.2) is 48.5 Å². The molecule has 0 aromatic heterocycles. The Balaban J connectivity index is 1.68. The fourth-order valence-corrected chi connectivity index (χ4v) is 4.01. The van der Waals surface area contributed by atoms with E-state index in [4.69, 9.17) is 9.47 Å². The van der Waals surface area contributed by atoms with Crippen molar-refractivity contribution in [2.75, 3.05) is 20.8 Å². The third-order valence-electron chi connectivity index (χ3n) is 5.95. The zero-order valence-corrected chi connectivity index (χ0v) is 19.6. The lowest BCUT2D eigenvalue weighted by Crippen LogP contribution is -2.56. The van der Waals surface area contributed by atoms with E-state index in [1.165, 1.54) is 14.0 Å². The number of esters is 1. The monoisotopic (exact) mass is 484 g/mol. The highest BCUT2D eigenvalue weighted by Crippen LogP contribution is 2.44. The van der Waals surface area contributed by atoms with Crippen LogP contribution in [-0.4, -0.2) is 68.1 Å². The van der Waals surface area contributed by atoms with Crippen LogP contribution in [0, 0.1) is 0 Å². The van der Waals surface area contributed by atoms with E-state index in [0.717, 1.165) is 29.4 Å². The molecular weight excluding hydrogens is 456 g/mol.